The van der Waals surface area contributed by atoms with E-state index >= 15 is 0 Å². The SMILES string of the molecule is COc1cc(N(C(C)=O)c2ccccc2)ccc1C. The summed E-state index contributed by atoms with van der Waals surface area (Å²) in [6, 6.07) is 15.3. The molecule has 0 atom stereocenters. The van der Waals surface area contributed by atoms with Gasteiger partial charge in [-0.05, 0) is 30.7 Å². The Morgan fingerprint density at radius 2 is 1.74 bits per heavy atom. The van der Waals surface area contributed by atoms with Gasteiger partial charge in [0.1, 0.15) is 5.75 Å². The summed E-state index contributed by atoms with van der Waals surface area (Å²) >= 11 is 0. The average Bonchev–Trinajstić information content (AvgIpc) is 2.41. The number of benzene rings is 2. The number of hydrogen-bond donors (Lipinski definition) is 0. The Hall–Kier alpha value is -2.29. The first-order valence-corrected chi connectivity index (χ1v) is 6.14. The molecular weight excluding hydrogens is 238 g/mol. The fourth-order valence-corrected chi connectivity index (χ4v) is 2.04. The Labute approximate surface area is 113 Å². The number of ether oxygens (including phenoxy) is 1. The molecular formula is C16H17NO2. The molecule has 0 aliphatic heterocycles. The number of carbonyl (C=O) groups excluding carboxylic acids is 1. The minimum atomic E-state index is -0.0305. The molecule has 2 rings (SSSR count). The average molecular weight is 255 g/mol. The van der Waals surface area contributed by atoms with E-state index in [1.807, 2.05) is 55.5 Å². The molecule has 0 aliphatic carbocycles. The van der Waals surface area contributed by atoms with Gasteiger partial charge in [-0.3, -0.25) is 9.69 Å². The lowest BCUT2D eigenvalue weighted by molar-refractivity contribution is -0.115. The summed E-state index contributed by atoms with van der Waals surface area (Å²) in [4.78, 5) is 13.6. The summed E-state index contributed by atoms with van der Waals surface area (Å²) in [7, 11) is 1.63. The molecule has 0 heterocycles. The van der Waals surface area contributed by atoms with Gasteiger partial charge in [-0.15, -0.1) is 0 Å². The van der Waals surface area contributed by atoms with Gasteiger partial charge in [-0.1, -0.05) is 24.3 Å². The van der Waals surface area contributed by atoms with Crippen molar-refractivity contribution < 1.29 is 9.53 Å². The van der Waals surface area contributed by atoms with Crippen molar-refractivity contribution in [2.24, 2.45) is 0 Å². The number of aryl methyl sites for hydroxylation is 1. The molecule has 0 radical (unpaired) electrons. The Kier molecular flexibility index (Phi) is 3.85. The lowest BCUT2D eigenvalue weighted by Gasteiger charge is -2.22. The molecule has 98 valence electrons. The molecule has 19 heavy (non-hydrogen) atoms. The molecule has 2 aromatic rings. The Morgan fingerprint density at radius 3 is 2.32 bits per heavy atom. The highest BCUT2D eigenvalue weighted by molar-refractivity contribution is 5.99. The highest BCUT2D eigenvalue weighted by atomic mass is 16.5. The topological polar surface area (TPSA) is 29.5 Å². The summed E-state index contributed by atoms with van der Waals surface area (Å²) in [6.45, 7) is 3.53. The van der Waals surface area contributed by atoms with Crippen molar-refractivity contribution in [1.29, 1.82) is 0 Å². The van der Waals surface area contributed by atoms with Crippen LogP contribution in [0, 0.1) is 6.92 Å². The van der Waals surface area contributed by atoms with E-state index in [2.05, 4.69) is 0 Å². The van der Waals surface area contributed by atoms with Gasteiger partial charge in [-0.2, -0.15) is 0 Å². The van der Waals surface area contributed by atoms with Crippen LogP contribution in [0.15, 0.2) is 48.5 Å². The fourth-order valence-electron chi connectivity index (χ4n) is 2.04. The molecule has 0 aromatic heterocycles. The van der Waals surface area contributed by atoms with Crippen LogP contribution in [-0.2, 0) is 4.79 Å². The van der Waals surface area contributed by atoms with Crippen molar-refractivity contribution in [2.45, 2.75) is 13.8 Å². The lowest BCUT2D eigenvalue weighted by atomic mass is 10.1. The summed E-state index contributed by atoms with van der Waals surface area (Å²) in [6.07, 6.45) is 0. The Bertz CT molecular complexity index is 579. The van der Waals surface area contributed by atoms with Gasteiger partial charge in [-0.25, -0.2) is 0 Å². The van der Waals surface area contributed by atoms with Gasteiger partial charge in [0.2, 0.25) is 5.91 Å². The quantitative estimate of drug-likeness (QED) is 0.837. The second-order valence-corrected chi connectivity index (χ2v) is 4.34. The highest BCUT2D eigenvalue weighted by Crippen LogP contribution is 2.30. The van der Waals surface area contributed by atoms with Gasteiger partial charge >= 0.3 is 0 Å². The number of nitrogens with zero attached hydrogens (tertiary/aromatic N) is 1. The molecule has 0 bridgehead atoms. The van der Waals surface area contributed by atoms with E-state index in [-0.39, 0.29) is 5.91 Å². The van der Waals surface area contributed by atoms with Crippen LogP contribution in [0.4, 0.5) is 11.4 Å². The molecule has 1 amide bonds. The molecule has 0 aliphatic rings. The number of carbonyl (C=O) groups is 1. The van der Waals surface area contributed by atoms with Crippen LogP contribution in [0.1, 0.15) is 12.5 Å². The maximum Gasteiger partial charge on any atom is 0.228 e. The molecule has 3 nitrogen and oxygen atoms in total. The second-order valence-electron chi connectivity index (χ2n) is 4.34. The Balaban J connectivity index is 2.49. The minimum absolute atomic E-state index is 0.0305. The van der Waals surface area contributed by atoms with Gasteiger partial charge in [0, 0.05) is 18.7 Å². The number of rotatable bonds is 3. The molecule has 0 unspecified atom stereocenters. The second kappa shape index (κ2) is 5.57. The van der Waals surface area contributed by atoms with Crippen molar-refractivity contribution >= 4 is 17.3 Å². The van der Waals surface area contributed by atoms with E-state index < -0.39 is 0 Å². The van der Waals surface area contributed by atoms with Gasteiger partial charge in [0.15, 0.2) is 0 Å². The number of para-hydroxylation sites is 1. The van der Waals surface area contributed by atoms with E-state index in [0.29, 0.717) is 0 Å². The van der Waals surface area contributed by atoms with Crippen molar-refractivity contribution in [3.05, 3.63) is 54.1 Å². The van der Waals surface area contributed by atoms with Gasteiger partial charge in [0.05, 0.1) is 12.8 Å². The first-order chi connectivity index (χ1) is 9.13. The summed E-state index contributed by atoms with van der Waals surface area (Å²) < 4.78 is 5.31. The van der Waals surface area contributed by atoms with Crippen molar-refractivity contribution in [3.8, 4) is 5.75 Å². The van der Waals surface area contributed by atoms with E-state index in [4.69, 9.17) is 4.74 Å². The fraction of sp³-hybridized carbons (Fsp3) is 0.188. The molecule has 0 N–H and O–H groups in total. The normalized spacial score (nSPS) is 10.1. The summed E-state index contributed by atoms with van der Waals surface area (Å²) in [5.74, 6) is 0.747. The first-order valence-electron chi connectivity index (χ1n) is 6.14. The van der Waals surface area contributed by atoms with Crippen LogP contribution >= 0.6 is 0 Å². The smallest absolute Gasteiger partial charge is 0.228 e. The number of methoxy groups -OCH3 is 1. The maximum absolute atomic E-state index is 11.9. The predicted molar refractivity (Wildman–Crippen MR) is 77.0 cm³/mol. The predicted octanol–water partition coefficient (Wildman–Crippen LogP) is 3.69. The van der Waals surface area contributed by atoms with Gasteiger partial charge in [0.25, 0.3) is 0 Å². The third-order valence-corrected chi connectivity index (χ3v) is 2.98. The first kappa shape index (κ1) is 13.1. The van der Waals surface area contributed by atoms with Crippen LogP contribution in [0.5, 0.6) is 5.75 Å². The van der Waals surface area contributed by atoms with Crippen LogP contribution in [-0.4, -0.2) is 13.0 Å². The molecule has 0 fully saturated rings. The zero-order chi connectivity index (χ0) is 13.8. The van der Waals surface area contributed by atoms with Crippen molar-refractivity contribution in [2.75, 3.05) is 12.0 Å². The molecule has 3 heteroatoms. The number of hydrogen-bond acceptors (Lipinski definition) is 2. The molecule has 2 aromatic carbocycles. The van der Waals surface area contributed by atoms with Crippen LogP contribution in [0.2, 0.25) is 0 Å². The van der Waals surface area contributed by atoms with E-state index in [1.54, 1.807) is 18.9 Å². The third kappa shape index (κ3) is 2.76. The summed E-state index contributed by atoms with van der Waals surface area (Å²) in [5.41, 5.74) is 2.70. The molecule has 0 spiro atoms. The Morgan fingerprint density at radius 1 is 1.05 bits per heavy atom. The number of anilines is 2. The monoisotopic (exact) mass is 255 g/mol. The minimum Gasteiger partial charge on any atom is -0.496 e. The van der Waals surface area contributed by atoms with Crippen molar-refractivity contribution in [1.82, 2.24) is 0 Å². The van der Waals surface area contributed by atoms with Crippen LogP contribution in [0.3, 0.4) is 0 Å². The third-order valence-electron chi connectivity index (χ3n) is 2.98. The lowest BCUT2D eigenvalue weighted by Crippen LogP contribution is -2.22. The van der Waals surface area contributed by atoms with Crippen molar-refractivity contribution in [3.63, 3.8) is 0 Å². The zero-order valence-corrected chi connectivity index (χ0v) is 11.4. The largest absolute Gasteiger partial charge is 0.496 e. The number of amides is 1. The van der Waals surface area contributed by atoms with Gasteiger partial charge < -0.3 is 4.74 Å². The van der Waals surface area contributed by atoms with Crippen LogP contribution < -0.4 is 9.64 Å². The standard InChI is InChI=1S/C16H17NO2/c1-12-9-10-15(11-16(12)19-3)17(13(2)18)14-7-5-4-6-8-14/h4-11H,1-3H3. The molecule has 0 saturated heterocycles. The van der Waals surface area contributed by atoms with E-state index in [9.17, 15) is 4.79 Å². The van der Waals surface area contributed by atoms with E-state index in [1.165, 1.54) is 0 Å². The zero-order valence-electron chi connectivity index (χ0n) is 11.4. The highest BCUT2D eigenvalue weighted by Gasteiger charge is 2.14. The van der Waals surface area contributed by atoms with E-state index in [0.717, 1.165) is 22.7 Å². The maximum atomic E-state index is 11.9. The van der Waals surface area contributed by atoms with Crippen LogP contribution in [0.25, 0.3) is 0 Å². The summed E-state index contributed by atoms with van der Waals surface area (Å²) in [5, 5.41) is 0. The molecule has 0 saturated carbocycles.